The Morgan fingerprint density at radius 2 is 2.29 bits per heavy atom. The third-order valence-corrected chi connectivity index (χ3v) is 2.35. The Morgan fingerprint density at radius 1 is 1.47 bits per heavy atom. The number of methoxy groups -OCH3 is 1. The van der Waals surface area contributed by atoms with Gasteiger partial charge in [-0.2, -0.15) is 5.26 Å². The number of nitriles is 1. The van der Waals surface area contributed by atoms with Crippen molar-refractivity contribution in [3.05, 3.63) is 42.0 Å². The number of hydrogen-bond donors (Lipinski definition) is 0. The summed E-state index contributed by atoms with van der Waals surface area (Å²) in [6, 6.07) is 7.60. The van der Waals surface area contributed by atoms with Gasteiger partial charge in [-0.3, -0.25) is 0 Å². The fourth-order valence-electron chi connectivity index (χ4n) is 1.45. The fourth-order valence-corrected chi connectivity index (χ4v) is 1.45. The van der Waals surface area contributed by atoms with Crippen molar-refractivity contribution in [2.24, 2.45) is 0 Å². The SMILES string of the molecule is C=CCCCOCc1ccc(OC)c(C#N)c1. The summed E-state index contributed by atoms with van der Waals surface area (Å²) < 4.78 is 10.6. The van der Waals surface area contributed by atoms with Crippen molar-refractivity contribution >= 4 is 0 Å². The molecule has 1 aromatic carbocycles. The molecule has 0 saturated carbocycles. The summed E-state index contributed by atoms with van der Waals surface area (Å²) in [5, 5.41) is 8.93. The van der Waals surface area contributed by atoms with Crippen molar-refractivity contribution in [3.8, 4) is 11.8 Å². The lowest BCUT2D eigenvalue weighted by Gasteiger charge is -2.06. The molecule has 0 aliphatic rings. The molecule has 0 bridgehead atoms. The molecule has 1 aromatic rings. The van der Waals surface area contributed by atoms with Crippen LogP contribution in [-0.2, 0) is 11.3 Å². The highest BCUT2D eigenvalue weighted by molar-refractivity contribution is 5.45. The van der Waals surface area contributed by atoms with Gasteiger partial charge in [0.2, 0.25) is 0 Å². The van der Waals surface area contributed by atoms with Crippen LogP contribution in [0.15, 0.2) is 30.9 Å². The topological polar surface area (TPSA) is 42.2 Å². The molecular weight excluding hydrogens is 214 g/mol. The molecule has 0 aliphatic carbocycles. The van der Waals surface area contributed by atoms with Gasteiger partial charge in [0.15, 0.2) is 0 Å². The zero-order valence-electron chi connectivity index (χ0n) is 10.1. The maximum atomic E-state index is 8.93. The maximum Gasteiger partial charge on any atom is 0.136 e. The average Bonchev–Trinajstić information content (AvgIpc) is 2.38. The van der Waals surface area contributed by atoms with E-state index in [0.717, 1.165) is 18.4 Å². The number of unbranched alkanes of at least 4 members (excludes halogenated alkanes) is 1. The summed E-state index contributed by atoms with van der Waals surface area (Å²) in [5.74, 6) is 0.600. The summed E-state index contributed by atoms with van der Waals surface area (Å²) in [5.41, 5.74) is 1.53. The molecule has 3 nitrogen and oxygen atoms in total. The summed E-state index contributed by atoms with van der Waals surface area (Å²) in [7, 11) is 1.56. The van der Waals surface area contributed by atoms with Crippen LogP contribution in [0.2, 0.25) is 0 Å². The van der Waals surface area contributed by atoms with Crippen molar-refractivity contribution in [2.75, 3.05) is 13.7 Å². The molecule has 90 valence electrons. The van der Waals surface area contributed by atoms with E-state index in [9.17, 15) is 0 Å². The van der Waals surface area contributed by atoms with E-state index < -0.39 is 0 Å². The highest BCUT2D eigenvalue weighted by Gasteiger charge is 2.03. The minimum Gasteiger partial charge on any atom is -0.495 e. The van der Waals surface area contributed by atoms with Crippen LogP contribution < -0.4 is 4.74 Å². The van der Waals surface area contributed by atoms with Gasteiger partial charge in [0.25, 0.3) is 0 Å². The first kappa shape index (κ1) is 13.3. The molecule has 0 atom stereocenters. The molecule has 0 spiro atoms. The van der Waals surface area contributed by atoms with Crippen LogP contribution in [0, 0.1) is 11.3 Å². The van der Waals surface area contributed by atoms with Crippen molar-refractivity contribution in [1.82, 2.24) is 0 Å². The second kappa shape index (κ2) is 7.48. The first-order valence-electron chi connectivity index (χ1n) is 5.57. The van der Waals surface area contributed by atoms with Gasteiger partial charge in [0.1, 0.15) is 11.8 Å². The van der Waals surface area contributed by atoms with E-state index in [0.29, 0.717) is 24.5 Å². The highest BCUT2D eigenvalue weighted by atomic mass is 16.5. The molecule has 0 radical (unpaired) electrons. The summed E-state index contributed by atoms with van der Waals surface area (Å²) in [6.07, 6.45) is 3.82. The Bertz CT molecular complexity index is 407. The zero-order valence-corrected chi connectivity index (χ0v) is 10.1. The van der Waals surface area contributed by atoms with Crippen LogP contribution in [0.4, 0.5) is 0 Å². The van der Waals surface area contributed by atoms with Gasteiger partial charge >= 0.3 is 0 Å². The summed E-state index contributed by atoms with van der Waals surface area (Å²) in [6.45, 7) is 4.88. The minimum absolute atomic E-state index is 0.524. The minimum atomic E-state index is 0.524. The summed E-state index contributed by atoms with van der Waals surface area (Å²) in [4.78, 5) is 0. The lowest BCUT2D eigenvalue weighted by Crippen LogP contribution is -1.96. The molecule has 1 rings (SSSR count). The molecule has 0 aromatic heterocycles. The Labute approximate surface area is 102 Å². The third kappa shape index (κ3) is 4.29. The Morgan fingerprint density at radius 3 is 2.94 bits per heavy atom. The van der Waals surface area contributed by atoms with Crippen molar-refractivity contribution < 1.29 is 9.47 Å². The lowest BCUT2D eigenvalue weighted by molar-refractivity contribution is 0.119. The third-order valence-electron chi connectivity index (χ3n) is 2.35. The quantitative estimate of drug-likeness (QED) is 0.535. The zero-order chi connectivity index (χ0) is 12.5. The van der Waals surface area contributed by atoms with Crippen LogP contribution in [0.25, 0.3) is 0 Å². The van der Waals surface area contributed by atoms with Crippen LogP contribution in [-0.4, -0.2) is 13.7 Å². The molecule has 0 N–H and O–H groups in total. The fraction of sp³-hybridized carbons (Fsp3) is 0.357. The van der Waals surface area contributed by atoms with Crippen LogP contribution in [0.3, 0.4) is 0 Å². The van der Waals surface area contributed by atoms with E-state index >= 15 is 0 Å². The predicted molar refractivity (Wildman–Crippen MR) is 66.8 cm³/mol. The highest BCUT2D eigenvalue weighted by Crippen LogP contribution is 2.19. The van der Waals surface area contributed by atoms with E-state index in [4.69, 9.17) is 14.7 Å². The lowest BCUT2D eigenvalue weighted by atomic mass is 10.1. The molecule has 3 heteroatoms. The number of rotatable bonds is 7. The van der Waals surface area contributed by atoms with E-state index in [1.165, 1.54) is 0 Å². The number of allylic oxidation sites excluding steroid dienone is 1. The smallest absolute Gasteiger partial charge is 0.136 e. The number of hydrogen-bond acceptors (Lipinski definition) is 3. The normalized spacial score (nSPS) is 9.65. The molecule has 17 heavy (non-hydrogen) atoms. The molecule has 0 heterocycles. The second-order valence-corrected chi connectivity index (χ2v) is 3.63. The number of ether oxygens (including phenoxy) is 2. The van der Waals surface area contributed by atoms with Crippen molar-refractivity contribution in [2.45, 2.75) is 19.4 Å². The van der Waals surface area contributed by atoms with Gasteiger partial charge in [-0.1, -0.05) is 12.1 Å². The van der Waals surface area contributed by atoms with Crippen molar-refractivity contribution in [3.63, 3.8) is 0 Å². The van der Waals surface area contributed by atoms with Gasteiger partial charge in [-0.15, -0.1) is 6.58 Å². The van der Waals surface area contributed by atoms with Crippen molar-refractivity contribution in [1.29, 1.82) is 5.26 Å². The van der Waals surface area contributed by atoms with E-state index in [-0.39, 0.29) is 0 Å². The van der Waals surface area contributed by atoms with E-state index in [1.54, 1.807) is 19.2 Å². The predicted octanol–water partition coefficient (Wildman–Crippen LogP) is 3.05. The van der Waals surface area contributed by atoms with E-state index in [2.05, 4.69) is 12.6 Å². The molecule has 0 aliphatic heterocycles. The number of nitrogens with zero attached hydrogens (tertiary/aromatic N) is 1. The van der Waals surface area contributed by atoms with Crippen LogP contribution >= 0.6 is 0 Å². The molecule has 0 unspecified atom stereocenters. The van der Waals surface area contributed by atoms with E-state index in [1.807, 2.05) is 12.1 Å². The van der Waals surface area contributed by atoms with Crippen LogP contribution in [0.1, 0.15) is 24.0 Å². The number of benzene rings is 1. The largest absolute Gasteiger partial charge is 0.495 e. The van der Waals surface area contributed by atoms with Gasteiger partial charge in [-0.05, 0) is 30.5 Å². The van der Waals surface area contributed by atoms with Gasteiger partial charge in [-0.25, -0.2) is 0 Å². The van der Waals surface area contributed by atoms with Crippen LogP contribution in [0.5, 0.6) is 5.75 Å². The summed E-state index contributed by atoms with van der Waals surface area (Å²) >= 11 is 0. The molecule has 0 fully saturated rings. The Hall–Kier alpha value is -1.79. The van der Waals surface area contributed by atoms with Gasteiger partial charge < -0.3 is 9.47 Å². The standard InChI is InChI=1S/C14H17NO2/c1-3-4-5-8-17-11-12-6-7-14(16-2)13(9-12)10-15/h3,6-7,9H,1,4-5,8,11H2,2H3. The molecule has 0 amide bonds. The molecular formula is C14H17NO2. The van der Waals surface area contributed by atoms with Gasteiger partial charge in [0.05, 0.1) is 19.3 Å². The Kier molecular flexibility index (Phi) is 5.84. The second-order valence-electron chi connectivity index (χ2n) is 3.63. The monoisotopic (exact) mass is 231 g/mol. The average molecular weight is 231 g/mol. The van der Waals surface area contributed by atoms with Gasteiger partial charge in [0, 0.05) is 6.61 Å². The Balaban J connectivity index is 2.49. The molecule has 0 saturated heterocycles. The first-order valence-corrected chi connectivity index (χ1v) is 5.57. The maximum absolute atomic E-state index is 8.93. The first-order chi connectivity index (χ1) is 8.31.